The molecular formula is C14H13F2N3O2. The lowest BCUT2D eigenvalue weighted by Gasteiger charge is -2.09. The highest BCUT2D eigenvalue weighted by atomic mass is 19.2. The lowest BCUT2D eigenvalue weighted by Crippen LogP contribution is -2.04. The third kappa shape index (κ3) is 2.81. The Balaban J connectivity index is 2.68. The second-order valence-corrected chi connectivity index (χ2v) is 4.41. The number of benzene rings is 1. The van der Waals surface area contributed by atoms with E-state index in [-0.39, 0.29) is 22.5 Å². The van der Waals surface area contributed by atoms with E-state index < -0.39 is 16.6 Å². The highest BCUT2D eigenvalue weighted by Gasteiger charge is 2.22. The molecule has 21 heavy (non-hydrogen) atoms. The van der Waals surface area contributed by atoms with Crippen LogP contribution in [-0.4, -0.2) is 16.5 Å². The summed E-state index contributed by atoms with van der Waals surface area (Å²) < 4.78 is 27.7. The van der Waals surface area contributed by atoms with Crippen molar-refractivity contribution in [3.63, 3.8) is 0 Å². The van der Waals surface area contributed by atoms with Crippen LogP contribution in [0.4, 0.5) is 20.3 Å². The van der Waals surface area contributed by atoms with Crippen molar-refractivity contribution >= 4 is 11.5 Å². The van der Waals surface area contributed by atoms with E-state index in [1.54, 1.807) is 0 Å². The van der Waals surface area contributed by atoms with Crippen LogP contribution in [0.2, 0.25) is 0 Å². The van der Waals surface area contributed by atoms with Gasteiger partial charge in [-0.2, -0.15) is 0 Å². The molecule has 0 spiro atoms. The first-order chi connectivity index (χ1) is 9.95. The molecule has 1 aromatic heterocycles. The molecule has 0 saturated heterocycles. The minimum atomic E-state index is -1.14. The molecule has 0 amide bonds. The normalized spacial score (nSPS) is 10.5. The summed E-state index contributed by atoms with van der Waals surface area (Å²) in [5, 5.41) is 13.9. The highest BCUT2D eigenvalue weighted by molar-refractivity contribution is 5.72. The second kappa shape index (κ2) is 5.82. The number of hydrogen-bond acceptors (Lipinski definition) is 4. The van der Waals surface area contributed by atoms with Crippen LogP contribution in [0.1, 0.15) is 12.5 Å². The maximum atomic E-state index is 14.1. The number of hydrogen-bond donors (Lipinski definition) is 1. The third-order valence-corrected chi connectivity index (χ3v) is 2.96. The zero-order valence-corrected chi connectivity index (χ0v) is 11.5. The Labute approximate surface area is 119 Å². The minimum absolute atomic E-state index is 0.127. The standard InChI is InChI=1S/C14H13F2N3O2/c1-3-17-11-7-6-10(19(20)21)14(18-11)9-5-4-8(2)12(15)13(9)16/h4-7H,3H2,1-2H3,(H,17,18). The molecule has 5 nitrogen and oxygen atoms in total. The van der Waals surface area contributed by atoms with Gasteiger partial charge in [-0.3, -0.25) is 10.1 Å². The summed E-state index contributed by atoms with van der Waals surface area (Å²) in [7, 11) is 0. The van der Waals surface area contributed by atoms with Crippen LogP contribution in [0.15, 0.2) is 24.3 Å². The van der Waals surface area contributed by atoms with Gasteiger partial charge in [-0.05, 0) is 31.5 Å². The SMILES string of the molecule is CCNc1ccc([N+](=O)[O-])c(-c2ccc(C)c(F)c2F)n1. The molecule has 7 heteroatoms. The molecule has 110 valence electrons. The molecule has 0 bridgehead atoms. The van der Waals surface area contributed by atoms with Crippen molar-refractivity contribution in [2.75, 3.05) is 11.9 Å². The van der Waals surface area contributed by atoms with Gasteiger partial charge in [-0.15, -0.1) is 0 Å². The molecule has 0 fully saturated rings. The van der Waals surface area contributed by atoms with Gasteiger partial charge in [0.1, 0.15) is 5.82 Å². The molecule has 0 saturated carbocycles. The quantitative estimate of drug-likeness (QED) is 0.689. The van der Waals surface area contributed by atoms with Crippen LogP contribution in [0.25, 0.3) is 11.3 Å². The summed E-state index contributed by atoms with van der Waals surface area (Å²) in [4.78, 5) is 14.4. The lowest BCUT2D eigenvalue weighted by atomic mass is 10.1. The number of pyridine rings is 1. The highest BCUT2D eigenvalue weighted by Crippen LogP contribution is 2.32. The predicted octanol–water partition coefficient (Wildman–Crippen LogP) is 3.68. The maximum absolute atomic E-state index is 14.1. The van der Waals surface area contributed by atoms with E-state index in [1.807, 2.05) is 6.92 Å². The van der Waals surface area contributed by atoms with Gasteiger partial charge in [-0.1, -0.05) is 6.07 Å². The Bertz CT molecular complexity index is 705. The second-order valence-electron chi connectivity index (χ2n) is 4.41. The van der Waals surface area contributed by atoms with E-state index in [0.29, 0.717) is 12.4 Å². The Hall–Kier alpha value is -2.57. The number of halogens is 2. The van der Waals surface area contributed by atoms with E-state index in [9.17, 15) is 18.9 Å². The van der Waals surface area contributed by atoms with Gasteiger partial charge < -0.3 is 5.32 Å². The van der Waals surface area contributed by atoms with Crippen LogP contribution in [-0.2, 0) is 0 Å². The molecular weight excluding hydrogens is 280 g/mol. The summed E-state index contributed by atoms with van der Waals surface area (Å²) >= 11 is 0. The Morgan fingerprint density at radius 2 is 1.95 bits per heavy atom. The number of nitrogens with one attached hydrogen (secondary N) is 1. The Kier molecular flexibility index (Phi) is 4.11. The van der Waals surface area contributed by atoms with E-state index in [0.717, 1.165) is 0 Å². The Morgan fingerprint density at radius 1 is 1.24 bits per heavy atom. The fraction of sp³-hybridized carbons (Fsp3) is 0.214. The van der Waals surface area contributed by atoms with Crippen molar-refractivity contribution in [2.24, 2.45) is 0 Å². The van der Waals surface area contributed by atoms with Gasteiger partial charge in [0.15, 0.2) is 17.3 Å². The molecule has 1 N–H and O–H groups in total. The van der Waals surface area contributed by atoms with Crippen molar-refractivity contribution in [2.45, 2.75) is 13.8 Å². The number of aromatic nitrogens is 1. The Morgan fingerprint density at radius 3 is 2.57 bits per heavy atom. The predicted molar refractivity (Wildman–Crippen MR) is 75.1 cm³/mol. The zero-order valence-electron chi connectivity index (χ0n) is 11.5. The molecule has 1 aromatic carbocycles. The van der Waals surface area contributed by atoms with Crippen molar-refractivity contribution < 1.29 is 13.7 Å². The first kappa shape index (κ1) is 14.8. The summed E-state index contributed by atoms with van der Waals surface area (Å²) in [6.45, 7) is 3.79. The molecule has 0 aliphatic carbocycles. The molecule has 0 atom stereocenters. The summed E-state index contributed by atoms with van der Waals surface area (Å²) in [6.07, 6.45) is 0. The molecule has 0 unspecified atom stereocenters. The average Bonchev–Trinajstić information content (AvgIpc) is 2.45. The van der Waals surface area contributed by atoms with Crippen LogP contribution in [0, 0.1) is 28.7 Å². The van der Waals surface area contributed by atoms with Gasteiger partial charge in [0.2, 0.25) is 0 Å². The number of anilines is 1. The third-order valence-electron chi connectivity index (χ3n) is 2.96. The van der Waals surface area contributed by atoms with Crippen LogP contribution in [0.5, 0.6) is 0 Å². The molecule has 0 radical (unpaired) electrons. The number of aryl methyl sites for hydroxylation is 1. The van der Waals surface area contributed by atoms with Crippen molar-refractivity contribution in [3.8, 4) is 11.3 Å². The molecule has 0 aliphatic heterocycles. The van der Waals surface area contributed by atoms with E-state index in [1.165, 1.54) is 31.2 Å². The topological polar surface area (TPSA) is 68.1 Å². The van der Waals surface area contributed by atoms with Gasteiger partial charge in [-0.25, -0.2) is 13.8 Å². The van der Waals surface area contributed by atoms with Crippen LogP contribution < -0.4 is 5.32 Å². The molecule has 2 rings (SSSR count). The summed E-state index contributed by atoms with van der Waals surface area (Å²) in [6, 6.07) is 5.29. The first-order valence-electron chi connectivity index (χ1n) is 6.30. The fourth-order valence-electron chi connectivity index (χ4n) is 1.91. The fourth-order valence-corrected chi connectivity index (χ4v) is 1.91. The number of nitrogens with zero attached hydrogens (tertiary/aromatic N) is 2. The van der Waals surface area contributed by atoms with Crippen LogP contribution >= 0.6 is 0 Å². The van der Waals surface area contributed by atoms with Gasteiger partial charge in [0, 0.05) is 18.2 Å². The van der Waals surface area contributed by atoms with Crippen molar-refractivity contribution in [3.05, 3.63) is 51.6 Å². The molecule has 0 aliphatic rings. The summed E-state index contributed by atoms with van der Waals surface area (Å²) in [5.74, 6) is -1.81. The largest absolute Gasteiger partial charge is 0.370 e. The lowest BCUT2D eigenvalue weighted by molar-refractivity contribution is -0.384. The number of rotatable bonds is 4. The van der Waals surface area contributed by atoms with Crippen molar-refractivity contribution in [1.29, 1.82) is 0 Å². The van der Waals surface area contributed by atoms with Crippen molar-refractivity contribution in [1.82, 2.24) is 4.98 Å². The van der Waals surface area contributed by atoms with E-state index in [2.05, 4.69) is 10.3 Å². The van der Waals surface area contributed by atoms with E-state index >= 15 is 0 Å². The van der Waals surface area contributed by atoms with Gasteiger partial charge in [0.25, 0.3) is 5.69 Å². The van der Waals surface area contributed by atoms with Crippen LogP contribution in [0.3, 0.4) is 0 Å². The summed E-state index contributed by atoms with van der Waals surface area (Å²) in [5.41, 5.74) is -0.681. The monoisotopic (exact) mass is 293 g/mol. The van der Waals surface area contributed by atoms with Gasteiger partial charge >= 0.3 is 0 Å². The maximum Gasteiger partial charge on any atom is 0.295 e. The molecule has 2 aromatic rings. The minimum Gasteiger partial charge on any atom is -0.370 e. The molecule has 1 heterocycles. The van der Waals surface area contributed by atoms with Gasteiger partial charge in [0.05, 0.1) is 4.92 Å². The smallest absolute Gasteiger partial charge is 0.295 e. The average molecular weight is 293 g/mol. The number of nitro groups is 1. The van der Waals surface area contributed by atoms with E-state index in [4.69, 9.17) is 0 Å². The first-order valence-corrected chi connectivity index (χ1v) is 6.30. The zero-order chi connectivity index (χ0) is 15.6.